The predicted octanol–water partition coefficient (Wildman–Crippen LogP) is 5.80. The molecule has 0 radical (unpaired) electrons. The first-order valence-corrected chi connectivity index (χ1v) is 9.93. The highest BCUT2D eigenvalue weighted by Gasteiger charge is 2.58. The highest BCUT2D eigenvalue weighted by Crippen LogP contribution is 2.56. The Labute approximate surface area is 173 Å². The van der Waals surface area contributed by atoms with Gasteiger partial charge in [0.05, 0.1) is 40.9 Å². The molecular weight excluding hydrogens is 387 g/mol. The number of alkyl halides is 3. The SMILES string of the molecule is CC12CCCCC1(CC(F)(F)F)N=C(c1ccc(C#N)cc1)c1ccc(C#N)cc12. The Morgan fingerprint density at radius 2 is 1.60 bits per heavy atom. The molecule has 0 bridgehead atoms. The van der Waals surface area contributed by atoms with Crippen LogP contribution in [0.3, 0.4) is 0 Å². The average Bonchev–Trinajstić information content (AvgIpc) is 2.72. The first kappa shape index (κ1) is 20.2. The average molecular weight is 407 g/mol. The first-order valence-electron chi connectivity index (χ1n) is 9.93. The van der Waals surface area contributed by atoms with E-state index in [0.717, 1.165) is 17.5 Å². The van der Waals surface area contributed by atoms with Gasteiger partial charge in [0, 0.05) is 16.5 Å². The minimum atomic E-state index is -4.36. The lowest BCUT2D eigenvalue weighted by molar-refractivity contribution is -0.156. The largest absolute Gasteiger partial charge is 0.391 e. The van der Waals surface area contributed by atoms with Crippen molar-refractivity contribution < 1.29 is 13.2 Å². The third kappa shape index (κ3) is 3.17. The van der Waals surface area contributed by atoms with Crippen molar-refractivity contribution in [3.05, 3.63) is 70.3 Å². The predicted molar refractivity (Wildman–Crippen MR) is 107 cm³/mol. The van der Waals surface area contributed by atoms with Gasteiger partial charge in [-0.15, -0.1) is 0 Å². The molecule has 2 atom stereocenters. The normalized spacial score (nSPS) is 25.3. The fourth-order valence-corrected chi connectivity index (χ4v) is 5.10. The Morgan fingerprint density at radius 3 is 2.23 bits per heavy atom. The van der Waals surface area contributed by atoms with Crippen LogP contribution in [0.4, 0.5) is 13.2 Å². The summed E-state index contributed by atoms with van der Waals surface area (Å²) >= 11 is 0. The molecule has 6 heteroatoms. The minimum Gasteiger partial charge on any atom is -0.276 e. The van der Waals surface area contributed by atoms with Crippen LogP contribution >= 0.6 is 0 Å². The molecule has 2 aliphatic rings. The van der Waals surface area contributed by atoms with Crippen LogP contribution in [0.15, 0.2) is 47.5 Å². The van der Waals surface area contributed by atoms with Gasteiger partial charge in [0.1, 0.15) is 0 Å². The second kappa shape index (κ2) is 6.99. The summed E-state index contributed by atoms with van der Waals surface area (Å²) in [6.45, 7) is 1.87. The Hall–Kier alpha value is -3.12. The third-order valence-corrected chi connectivity index (χ3v) is 6.65. The molecule has 0 N–H and O–H groups in total. The Morgan fingerprint density at radius 1 is 0.967 bits per heavy atom. The van der Waals surface area contributed by atoms with Crippen LogP contribution in [-0.2, 0) is 5.41 Å². The van der Waals surface area contributed by atoms with Gasteiger partial charge in [-0.05, 0) is 42.7 Å². The molecular formula is C24H20F3N3. The second-order valence-electron chi connectivity index (χ2n) is 8.38. The van der Waals surface area contributed by atoms with Gasteiger partial charge in [-0.3, -0.25) is 4.99 Å². The van der Waals surface area contributed by atoms with Crippen molar-refractivity contribution in [3.63, 3.8) is 0 Å². The molecule has 0 spiro atoms. The number of hydrogen-bond donors (Lipinski definition) is 0. The molecule has 2 aromatic rings. The van der Waals surface area contributed by atoms with E-state index < -0.39 is 23.6 Å². The molecule has 1 aliphatic heterocycles. The minimum absolute atomic E-state index is 0.346. The van der Waals surface area contributed by atoms with Crippen molar-refractivity contribution in [2.24, 2.45) is 4.99 Å². The molecule has 2 aromatic carbocycles. The molecule has 3 nitrogen and oxygen atoms in total. The zero-order valence-electron chi connectivity index (χ0n) is 16.6. The maximum Gasteiger partial charge on any atom is 0.391 e. The Balaban J connectivity index is 2.00. The number of halogens is 3. The quantitative estimate of drug-likeness (QED) is 0.631. The zero-order chi connectivity index (χ0) is 21.6. The summed E-state index contributed by atoms with van der Waals surface area (Å²) in [7, 11) is 0. The lowest BCUT2D eigenvalue weighted by Crippen LogP contribution is -2.56. The second-order valence-corrected chi connectivity index (χ2v) is 8.38. The van der Waals surface area contributed by atoms with Crippen LogP contribution in [0.2, 0.25) is 0 Å². The van der Waals surface area contributed by atoms with Crippen LogP contribution in [-0.4, -0.2) is 17.4 Å². The van der Waals surface area contributed by atoms with Gasteiger partial charge in [0.25, 0.3) is 0 Å². The standard InChI is InChI=1S/C24H20F3N3/c1-22-10-2-3-11-23(22,15-24(25,26)27)30-21(18-7-4-16(13-28)5-8-18)19-9-6-17(14-29)12-20(19)22/h4-9,12H,2-3,10-11,15H2,1H3. The van der Waals surface area contributed by atoms with Crippen LogP contribution < -0.4 is 0 Å². The topological polar surface area (TPSA) is 59.9 Å². The van der Waals surface area contributed by atoms with E-state index in [-0.39, 0.29) is 0 Å². The van der Waals surface area contributed by atoms with E-state index in [1.807, 2.05) is 6.92 Å². The highest BCUT2D eigenvalue weighted by molar-refractivity contribution is 6.15. The van der Waals surface area contributed by atoms with Gasteiger partial charge in [-0.2, -0.15) is 23.7 Å². The summed E-state index contributed by atoms with van der Waals surface area (Å²) < 4.78 is 41.3. The van der Waals surface area contributed by atoms with Crippen LogP contribution in [0.5, 0.6) is 0 Å². The van der Waals surface area contributed by atoms with Crippen molar-refractivity contribution in [2.75, 3.05) is 0 Å². The van der Waals surface area contributed by atoms with Crippen LogP contribution in [0.25, 0.3) is 0 Å². The third-order valence-electron chi connectivity index (χ3n) is 6.65. The Bertz CT molecular complexity index is 1100. The van der Waals surface area contributed by atoms with E-state index in [2.05, 4.69) is 12.1 Å². The van der Waals surface area contributed by atoms with Crippen LogP contribution in [0, 0.1) is 22.7 Å². The van der Waals surface area contributed by atoms with E-state index in [1.165, 1.54) is 0 Å². The molecule has 30 heavy (non-hydrogen) atoms. The molecule has 0 saturated heterocycles. The summed E-state index contributed by atoms with van der Waals surface area (Å²) in [6.07, 6.45) is -2.90. The van der Waals surface area contributed by atoms with E-state index in [0.29, 0.717) is 41.7 Å². The van der Waals surface area contributed by atoms with Crippen LogP contribution in [0.1, 0.15) is 66.8 Å². The molecule has 0 aromatic heterocycles. The van der Waals surface area contributed by atoms with Crippen molar-refractivity contribution in [2.45, 2.75) is 56.2 Å². The van der Waals surface area contributed by atoms with Gasteiger partial charge in [-0.1, -0.05) is 38.0 Å². The molecule has 4 rings (SSSR count). The molecule has 152 valence electrons. The van der Waals surface area contributed by atoms with Gasteiger partial charge in [0.2, 0.25) is 0 Å². The summed E-state index contributed by atoms with van der Waals surface area (Å²) in [5.74, 6) is 0. The van der Waals surface area contributed by atoms with Crippen molar-refractivity contribution in [1.82, 2.24) is 0 Å². The monoisotopic (exact) mass is 407 g/mol. The summed E-state index contributed by atoms with van der Waals surface area (Å²) in [4.78, 5) is 4.85. The zero-order valence-corrected chi connectivity index (χ0v) is 16.6. The van der Waals surface area contributed by atoms with Crippen molar-refractivity contribution >= 4 is 5.71 Å². The summed E-state index contributed by atoms with van der Waals surface area (Å²) in [5, 5.41) is 18.5. The van der Waals surface area contributed by atoms with E-state index in [9.17, 15) is 18.4 Å². The fourth-order valence-electron chi connectivity index (χ4n) is 5.10. The van der Waals surface area contributed by atoms with E-state index in [1.54, 1.807) is 42.5 Å². The maximum absolute atomic E-state index is 13.8. The molecule has 2 unspecified atom stereocenters. The number of benzene rings is 2. The number of fused-ring (bicyclic) bond motifs is 3. The smallest absolute Gasteiger partial charge is 0.276 e. The summed E-state index contributed by atoms with van der Waals surface area (Å²) in [5.41, 5.74) is 1.50. The summed E-state index contributed by atoms with van der Waals surface area (Å²) in [6, 6.07) is 16.1. The molecule has 0 amide bonds. The van der Waals surface area contributed by atoms with E-state index >= 15 is 0 Å². The van der Waals surface area contributed by atoms with Gasteiger partial charge < -0.3 is 0 Å². The molecule has 1 fully saturated rings. The first-order chi connectivity index (χ1) is 14.2. The number of nitrogens with zero attached hydrogens (tertiary/aromatic N) is 3. The van der Waals surface area contributed by atoms with Gasteiger partial charge in [0.15, 0.2) is 0 Å². The highest BCUT2D eigenvalue weighted by atomic mass is 19.4. The van der Waals surface area contributed by atoms with Crippen molar-refractivity contribution in [3.8, 4) is 12.1 Å². The van der Waals surface area contributed by atoms with Crippen molar-refractivity contribution in [1.29, 1.82) is 10.5 Å². The molecule has 1 aliphatic carbocycles. The van der Waals surface area contributed by atoms with E-state index in [4.69, 9.17) is 10.3 Å². The lowest BCUT2D eigenvalue weighted by atomic mass is 9.55. The molecule has 1 saturated carbocycles. The van der Waals surface area contributed by atoms with Gasteiger partial charge in [-0.25, -0.2) is 0 Å². The maximum atomic E-state index is 13.8. The number of rotatable bonds is 2. The number of nitriles is 2. The Kier molecular flexibility index (Phi) is 4.70. The number of aliphatic imine (C=N–C) groups is 1. The number of hydrogen-bond acceptors (Lipinski definition) is 3. The fraction of sp³-hybridized carbons (Fsp3) is 0.375. The van der Waals surface area contributed by atoms with Gasteiger partial charge >= 0.3 is 6.18 Å². The lowest BCUT2D eigenvalue weighted by Gasteiger charge is -2.53. The molecule has 1 heterocycles.